The molecule has 2 rings (SSSR count). The molecule has 1 aliphatic rings. The van der Waals surface area contributed by atoms with E-state index < -0.39 is 10.0 Å². The molecule has 2 N–H and O–H groups in total. The Labute approximate surface area is 138 Å². The van der Waals surface area contributed by atoms with Crippen molar-refractivity contribution >= 4 is 37.7 Å². The van der Waals surface area contributed by atoms with Gasteiger partial charge in [0.15, 0.2) is 0 Å². The van der Waals surface area contributed by atoms with E-state index in [9.17, 15) is 13.5 Å². The van der Waals surface area contributed by atoms with Gasteiger partial charge in [0.2, 0.25) is 10.0 Å². The summed E-state index contributed by atoms with van der Waals surface area (Å²) >= 11 is 5.10. The van der Waals surface area contributed by atoms with Gasteiger partial charge in [-0.1, -0.05) is 19.4 Å². The fraction of sp³-hybridized carbons (Fsp3) is 0.571. The maximum Gasteiger partial charge on any atom is 0.241 e. The van der Waals surface area contributed by atoms with Gasteiger partial charge in [0, 0.05) is 15.8 Å². The fourth-order valence-corrected chi connectivity index (χ4v) is 6.20. The summed E-state index contributed by atoms with van der Waals surface area (Å²) in [6.07, 6.45) is 3.00. The highest BCUT2D eigenvalue weighted by Crippen LogP contribution is 2.32. The molecule has 1 aliphatic carbocycles. The van der Waals surface area contributed by atoms with Crippen molar-refractivity contribution in [2.45, 2.75) is 49.0 Å². The molecule has 0 radical (unpaired) electrons. The maximum absolute atomic E-state index is 12.6. The Bertz CT molecular complexity index is 592. The van der Waals surface area contributed by atoms with Crippen LogP contribution in [-0.2, 0) is 16.6 Å². The number of benzene rings is 1. The zero-order valence-corrected chi connectivity index (χ0v) is 15.1. The van der Waals surface area contributed by atoms with Gasteiger partial charge in [0.05, 0.1) is 11.5 Å². The Hall–Kier alpha value is -0.0800. The lowest BCUT2D eigenvalue weighted by Crippen LogP contribution is -2.38. The molecule has 2 unspecified atom stereocenters. The molecule has 21 heavy (non-hydrogen) atoms. The van der Waals surface area contributed by atoms with Crippen molar-refractivity contribution in [1.29, 1.82) is 0 Å². The van der Waals surface area contributed by atoms with Crippen LogP contribution in [0.4, 0.5) is 0 Å². The van der Waals surface area contributed by atoms with E-state index in [-0.39, 0.29) is 17.5 Å². The number of sulfonamides is 1. The predicted octanol–water partition coefficient (Wildman–Crippen LogP) is 2.89. The van der Waals surface area contributed by atoms with E-state index in [1.165, 1.54) is 6.07 Å². The minimum absolute atomic E-state index is 0.00960. The average Bonchev–Trinajstić information content (AvgIpc) is 2.86. The Morgan fingerprint density at radius 3 is 2.86 bits per heavy atom. The highest BCUT2D eigenvalue weighted by Gasteiger charge is 2.31. The average molecular weight is 394 g/mol. The summed E-state index contributed by atoms with van der Waals surface area (Å²) < 4.78 is 28.5. The molecular weight excluding hydrogens is 374 g/mol. The summed E-state index contributed by atoms with van der Waals surface area (Å²) in [6.45, 7) is 1.92. The second-order valence-electron chi connectivity index (χ2n) is 5.08. The number of halogens is 1. The lowest BCUT2D eigenvalue weighted by molar-refractivity contribution is 0.281. The van der Waals surface area contributed by atoms with E-state index >= 15 is 0 Å². The number of hydrogen-bond donors (Lipinski definition) is 2. The maximum atomic E-state index is 12.6. The third-order valence-corrected chi connectivity index (χ3v) is 7.42. The summed E-state index contributed by atoms with van der Waals surface area (Å²) in [7, 11) is -3.58. The molecule has 0 spiro atoms. The molecule has 1 aromatic rings. The lowest BCUT2D eigenvalue weighted by Gasteiger charge is -2.20. The van der Waals surface area contributed by atoms with Crippen molar-refractivity contribution in [3.05, 3.63) is 28.2 Å². The Balaban J connectivity index is 2.22. The molecule has 2 atom stereocenters. The van der Waals surface area contributed by atoms with Gasteiger partial charge in [-0.25, -0.2) is 13.1 Å². The standard InChI is InChI=1S/C14H20BrNO3S2/c1-2-20-13-5-3-4-12(13)16-21(18,19)14-8-10(9-17)6-7-11(14)15/h6-8,12-13,16-17H,2-5,9H2,1H3. The predicted molar refractivity (Wildman–Crippen MR) is 89.9 cm³/mol. The quantitative estimate of drug-likeness (QED) is 0.779. The number of hydrogen-bond acceptors (Lipinski definition) is 4. The van der Waals surface area contributed by atoms with Crippen LogP contribution in [0.3, 0.4) is 0 Å². The van der Waals surface area contributed by atoms with Crippen LogP contribution in [0.15, 0.2) is 27.6 Å². The van der Waals surface area contributed by atoms with Crippen molar-refractivity contribution in [1.82, 2.24) is 4.72 Å². The summed E-state index contributed by atoms with van der Waals surface area (Å²) in [4.78, 5) is 0.196. The second kappa shape index (κ2) is 7.46. The van der Waals surface area contributed by atoms with E-state index in [0.717, 1.165) is 25.0 Å². The molecular formula is C14H20BrNO3S2. The summed E-state index contributed by atoms with van der Waals surface area (Å²) in [5.74, 6) is 0.993. The summed E-state index contributed by atoms with van der Waals surface area (Å²) in [6, 6.07) is 4.87. The molecule has 0 saturated heterocycles. The molecule has 1 fully saturated rings. The summed E-state index contributed by atoms with van der Waals surface area (Å²) in [5, 5.41) is 9.53. The van der Waals surface area contributed by atoms with Gasteiger partial charge >= 0.3 is 0 Å². The van der Waals surface area contributed by atoms with Crippen molar-refractivity contribution in [2.24, 2.45) is 0 Å². The van der Waals surface area contributed by atoms with E-state index in [0.29, 0.717) is 15.3 Å². The van der Waals surface area contributed by atoms with Crippen LogP contribution < -0.4 is 4.72 Å². The van der Waals surface area contributed by atoms with Crippen LogP contribution in [0.1, 0.15) is 31.7 Å². The molecule has 1 aromatic carbocycles. The van der Waals surface area contributed by atoms with Crippen LogP contribution in [0.5, 0.6) is 0 Å². The van der Waals surface area contributed by atoms with Gasteiger partial charge in [0.1, 0.15) is 0 Å². The fourth-order valence-electron chi connectivity index (χ4n) is 2.59. The Morgan fingerprint density at radius 1 is 1.43 bits per heavy atom. The van der Waals surface area contributed by atoms with Crippen molar-refractivity contribution in [3.63, 3.8) is 0 Å². The van der Waals surface area contributed by atoms with Gasteiger partial charge in [-0.15, -0.1) is 0 Å². The zero-order valence-electron chi connectivity index (χ0n) is 11.9. The molecule has 0 amide bonds. The van der Waals surface area contributed by atoms with E-state index in [1.807, 2.05) is 11.8 Å². The van der Waals surface area contributed by atoms with E-state index in [4.69, 9.17) is 0 Å². The monoisotopic (exact) mass is 393 g/mol. The minimum atomic E-state index is -3.58. The molecule has 1 saturated carbocycles. The normalized spacial score (nSPS) is 22.6. The number of nitrogens with one attached hydrogen (secondary N) is 1. The molecule has 0 heterocycles. The van der Waals surface area contributed by atoms with Gasteiger partial charge in [-0.3, -0.25) is 0 Å². The molecule has 0 aliphatic heterocycles. The highest BCUT2D eigenvalue weighted by molar-refractivity contribution is 9.10. The van der Waals surface area contributed by atoms with Gasteiger partial charge < -0.3 is 5.11 Å². The lowest BCUT2D eigenvalue weighted by atomic mass is 10.2. The number of aliphatic hydroxyl groups is 1. The molecule has 118 valence electrons. The first-order chi connectivity index (χ1) is 9.97. The number of aliphatic hydroxyl groups excluding tert-OH is 1. The molecule has 7 heteroatoms. The van der Waals surface area contributed by atoms with Crippen LogP contribution in [-0.4, -0.2) is 30.6 Å². The number of thioether (sulfide) groups is 1. The van der Waals surface area contributed by atoms with E-state index in [1.54, 1.807) is 12.1 Å². The molecule has 4 nitrogen and oxygen atoms in total. The molecule has 0 bridgehead atoms. The van der Waals surface area contributed by atoms with Crippen LogP contribution >= 0.6 is 27.7 Å². The largest absolute Gasteiger partial charge is 0.392 e. The zero-order chi connectivity index (χ0) is 15.5. The Morgan fingerprint density at radius 2 is 2.19 bits per heavy atom. The smallest absolute Gasteiger partial charge is 0.241 e. The second-order valence-corrected chi connectivity index (χ2v) is 9.13. The Kier molecular flexibility index (Phi) is 6.14. The van der Waals surface area contributed by atoms with Crippen LogP contribution in [0.25, 0.3) is 0 Å². The summed E-state index contributed by atoms with van der Waals surface area (Å²) in [5.41, 5.74) is 0.587. The van der Waals surface area contributed by atoms with Crippen LogP contribution in [0.2, 0.25) is 0 Å². The number of rotatable bonds is 6. The highest BCUT2D eigenvalue weighted by atomic mass is 79.9. The van der Waals surface area contributed by atoms with Crippen molar-refractivity contribution in [3.8, 4) is 0 Å². The van der Waals surface area contributed by atoms with Gasteiger partial charge in [0.25, 0.3) is 0 Å². The first-order valence-corrected chi connectivity index (χ1v) is 10.3. The van der Waals surface area contributed by atoms with E-state index in [2.05, 4.69) is 27.6 Å². The SMILES string of the molecule is CCSC1CCCC1NS(=O)(=O)c1cc(CO)ccc1Br. The van der Waals surface area contributed by atoms with Crippen molar-refractivity contribution < 1.29 is 13.5 Å². The first-order valence-electron chi connectivity index (χ1n) is 7.01. The molecule has 0 aromatic heterocycles. The minimum Gasteiger partial charge on any atom is -0.392 e. The van der Waals surface area contributed by atoms with Crippen LogP contribution in [0, 0.1) is 0 Å². The van der Waals surface area contributed by atoms with Gasteiger partial charge in [-0.2, -0.15) is 11.8 Å². The third kappa shape index (κ3) is 4.22. The first kappa shape index (κ1) is 17.3. The van der Waals surface area contributed by atoms with Gasteiger partial charge in [-0.05, 0) is 52.2 Å². The third-order valence-electron chi connectivity index (χ3n) is 3.61. The van der Waals surface area contributed by atoms with Crippen molar-refractivity contribution in [2.75, 3.05) is 5.75 Å². The topological polar surface area (TPSA) is 66.4 Å².